The molecule has 3 nitrogen and oxygen atoms in total. The van der Waals surface area contributed by atoms with Gasteiger partial charge in [-0.2, -0.15) is 18.3 Å². The Bertz CT molecular complexity index is 543. The predicted molar refractivity (Wildman–Crippen MR) is 60.2 cm³/mol. The molecule has 1 aromatic carbocycles. The van der Waals surface area contributed by atoms with Gasteiger partial charge in [-0.1, -0.05) is 0 Å². The number of ether oxygens (including phenoxy) is 1. The van der Waals surface area contributed by atoms with Crippen molar-refractivity contribution in [2.24, 2.45) is 7.05 Å². The summed E-state index contributed by atoms with van der Waals surface area (Å²) in [5.74, 6) is 0.644. The highest BCUT2D eigenvalue weighted by Crippen LogP contribution is 2.32. The maximum atomic E-state index is 12.6. The maximum absolute atomic E-state index is 12.6. The first-order valence-corrected chi connectivity index (χ1v) is 5.17. The number of rotatable bonds is 2. The molecule has 0 bridgehead atoms. The lowest BCUT2D eigenvalue weighted by Gasteiger charge is -2.04. The first-order valence-electron chi connectivity index (χ1n) is 5.17. The number of benzene rings is 1. The maximum Gasteiger partial charge on any atom is 0.433 e. The van der Waals surface area contributed by atoms with Crippen LogP contribution in [0.5, 0.6) is 5.75 Å². The van der Waals surface area contributed by atoms with Crippen molar-refractivity contribution in [2.75, 3.05) is 7.11 Å². The van der Waals surface area contributed by atoms with Gasteiger partial charge in [-0.05, 0) is 30.3 Å². The molecule has 96 valence electrons. The van der Waals surface area contributed by atoms with E-state index in [1.807, 2.05) is 0 Å². The first kappa shape index (κ1) is 12.5. The van der Waals surface area contributed by atoms with Crippen molar-refractivity contribution >= 4 is 0 Å². The first-order chi connectivity index (χ1) is 8.41. The Labute approximate surface area is 102 Å². The van der Waals surface area contributed by atoms with Gasteiger partial charge in [-0.3, -0.25) is 4.68 Å². The summed E-state index contributed by atoms with van der Waals surface area (Å²) in [6.07, 6.45) is -4.40. The van der Waals surface area contributed by atoms with Gasteiger partial charge in [0.25, 0.3) is 0 Å². The molecular weight excluding hydrogens is 245 g/mol. The van der Waals surface area contributed by atoms with Crippen LogP contribution in [0.4, 0.5) is 13.2 Å². The summed E-state index contributed by atoms with van der Waals surface area (Å²) in [6.45, 7) is 0. The number of alkyl halides is 3. The van der Waals surface area contributed by atoms with Crippen molar-refractivity contribution in [3.05, 3.63) is 36.0 Å². The Morgan fingerprint density at radius 3 is 2.22 bits per heavy atom. The van der Waals surface area contributed by atoms with Crippen LogP contribution >= 0.6 is 0 Å². The van der Waals surface area contributed by atoms with Crippen molar-refractivity contribution < 1.29 is 17.9 Å². The largest absolute Gasteiger partial charge is 0.497 e. The van der Waals surface area contributed by atoms with E-state index in [0.717, 1.165) is 10.7 Å². The highest BCUT2D eigenvalue weighted by molar-refractivity contribution is 5.60. The molecule has 0 spiro atoms. The van der Waals surface area contributed by atoms with E-state index in [4.69, 9.17) is 4.74 Å². The number of methoxy groups -OCH3 is 1. The second-order valence-electron chi connectivity index (χ2n) is 3.76. The minimum atomic E-state index is -4.40. The molecule has 0 saturated carbocycles. The van der Waals surface area contributed by atoms with Crippen LogP contribution in [0.2, 0.25) is 0 Å². The minimum absolute atomic E-state index is 0.285. The highest BCUT2D eigenvalue weighted by atomic mass is 19.4. The Morgan fingerprint density at radius 1 is 1.17 bits per heavy atom. The fraction of sp³-hybridized carbons (Fsp3) is 0.250. The third kappa shape index (κ3) is 2.32. The van der Waals surface area contributed by atoms with E-state index in [-0.39, 0.29) is 5.69 Å². The van der Waals surface area contributed by atoms with Gasteiger partial charge in [-0.15, -0.1) is 0 Å². The average molecular weight is 256 g/mol. The van der Waals surface area contributed by atoms with Crippen LogP contribution in [0.15, 0.2) is 30.3 Å². The van der Waals surface area contributed by atoms with Crippen LogP contribution in [0, 0.1) is 0 Å². The van der Waals surface area contributed by atoms with Crippen LogP contribution in [0.25, 0.3) is 11.3 Å². The van der Waals surface area contributed by atoms with Crippen molar-refractivity contribution in [1.29, 1.82) is 0 Å². The molecule has 0 aliphatic heterocycles. The standard InChI is InChI=1S/C12H11F3N2O/c1-17-11(12(13,14)15)7-10(16-17)8-3-5-9(18-2)6-4-8/h3-7H,1-2H3. The summed E-state index contributed by atoms with van der Waals surface area (Å²) < 4.78 is 43.7. The van der Waals surface area contributed by atoms with Gasteiger partial charge in [0.1, 0.15) is 11.4 Å². The zero-order valence-electron chi connectivity index (χ0n) is 9.82. The lowest BCUT2D eigenvalue weighted by molar-refractivity contribution is -0.143. The SMILES string of the molecule is COc1ccc(-c2cc(C(F)(F)F)n(C)n2)cc1. The number of halogens is 3. The molecule has 18 heavy (non-hydrogen) atoms. The summed E-state index contributed by atoms with van der Waals surface area (Å²) >= 11 is 0. The van der Waals surface area contributed by atoms with E-state index in [1.165, 1.54) is 14.2 Å². The summed E-state index contributed by atoms with van der Waals surface area (Å²) in [5.41, 5.74) is 0.127. The number of hydrogen-bond donors (Lipinski definition) is 0. The molecule has 0 aliphatic carbocycles. The van der Waals surface area contributed by atoms with E-state index < -0.39 is 11.9 Å². The molecule has 0 aliphatic rings. The molecule has 0 unspecified atom stereocenters. The number of aromatic nitrogens is 2. The van der Waals surface area contributed by atoms with Crippen LogP contribution in [0.1, 0.15) is 5.69 Å². The Kier molecular flexibility index (Phi) is 3.02. The monoisotopic (exact) mass is 256 g/mol. The van der Waals surface area contributed by atoms with Gasteiger partial charge in [0, 0.05) is 12.6 Å². The van der Waals surface area contributed by atoms with Crippen molar-refractivity contribution in [1.82, 2.24) is 9.78 Å². The van der Waals surface area contributed by atoms with E-state index in [1.54, 1.807) is 24.3 Å². The molecule has 0 amide bonds. The van der Waals surface area contributed by atoms with Crippen molar-refractivity contribution in [3.63, 3.8) is 0 Å². The molecule has 2 aromatic rings. The molecule has 0 radical (unpaired) electrons. The van der Waals surface area contributed by atoms with Crippen LogP contribution in [-0.4, -0.2) is 16.9 Å². The average Bonchev–Trinajstić information content (AvgIpc) is 2.71. The highest BCUT2D eigenvalue weighted by Gasteiger charge is 2.34. The van der Waals surface area contributed by atoms with Gasteiger partial charge >= 0.3 is 6.18 Å². The molecule has 1 aromatic heterocycles. The lowest BCUT2D eigenvalue weighted by atomic mass is 10.1. The summed E-state index contributed by atoms with van der Waals surface area (Å²) in [4.78, 5) is 0. The van der Waals surface area contributed by atoms with Crippen LogP contribution < -0.4 is 4.74 Å². The van der Waals surface area contributed by atoms with Gasteiger partial charge in [0.15, 0.2) is 0 Å². The van der Waals surface area contributed by atoms with Gasteiger partial charge in [0.2, 0.25) is 0 Å². The molecule has 0 fully saturated rings. The number of nitrogens with zero attached hydrogens (tertiary/aromatic N) is 2. The molecule has 0 saturated heterocycles. The third-order valence-electron chi connectivity index (χ3n) is 2.56. The fourth-order valence-corrected chi connectivity index (χ4v) is 1.64. The summed E-state index contributed by atoms with van der Waals surface area (Å²) in [5, 5.41) is 3.86. The predicted octanol–water partition coefficient (Wildman–Crippen LogP) is 3.11. The molecule has 2 rings (SSSR count). The minimum Gasteiger partial charge on any atom is -0.497 e. The summed E-state index contributed by atoms with van der Waals surface area (Å²) in [6, 6.07) is 7.72. The number of hydrogen-bond acceptors (Lipinski definition) is 2. The number of aryl methyl sites for hydroxylation is 1. The van der Waals surface area contributed by atoms with Crippen LogP contribution in [0.3, 0.4) is 0 Å². The topological polar surface area (TPSA) is 27.1 Å². The lowest BCUT2D eigenvalue weighted by Crippen LogP contribution is -2.11. The van der Waals surface area contributed by atoms with Gasteiger partial charge in [-0.25, -0.2) is 0 Å². The van der Waals surface area contributed by atoms with Crippen LogP contribution in [-0.2, 0) is 13.2 Å². The van der Waals surface area contributed by atoms with E-state index >= 15 is 0 Å². The Hall–Kier alpha value is -1.98. The van der Waals surface area contributed by atoms with E-state index in [0.29, 0.717) is 11.3 Å². The second-order valence-corrected chi connectivity index (χ2v) is 3.76. The van der Waals surface area contributed by atoms with Crippen molar-refractivity contribution in [3.8, 4) is 17.0 Å². The smallest absolute Gasteiger partial charge is 0.433 e. The van der Waals surface area contributed by atoms with E-state index in [9.17, 15) is 13.2 Å². The molecule has 0 atom stereocenters. The van der Waals surface area contributed by atoms with Gasteiger partial charge in [0.05, 0.1) is 12.8 Å². The third-order valence-corrected chi connectivity index (χ3v) is 2.56. The Balaban J connectivity index is 2.39. The van der Waals surface area contributed by atoms with Gasteiger partial charge < -0.3 is 4.74 Å². The molecule has 6 heteroatoms. The quantitative estimate of drug-likeness (QED) is 0.825. The fourth-order valence-electron chi connectivity index (χ4n) is 1.64. The molecule has 0 N–H and O–H groups in total. The summed E-state index contributed by atoms with van der Waals surface area (Å²) in [7, 11) is 2.80. The second kappa shape index (κ2) is 4.36. The molecule has 1 heterocycles. The zero-order valence-corrected chi connectivity index (χ0v) is 9.82. The van der Waals surface area contributed by atoms with E-state index in [2.05, 4.69) is 5.10 Å². The normalized spacial score (nSPS) is 11.6. The van der Waals surface area contributed by atoms with Crippen molar-refractivity contribution in [2.45, 2.75) is 6.18 Å². The zero-order chi connectivity index (χ0) is 13.3. The Morgan fingerprint density at radius 2 is 1.78 bits per heavy atom. The molecular formula is C12H11F3N2O.